The first-order chi connectivity index (χ1) is 4.63. The number of carbonyl (C=O) groups excluding carboxylic acids is 1. The molecule has 0 saturated heterocycles. The molecule has 0 atom stereocenters. The number of rotatable bonds is 2. The molecule has 0 spiro atoms. The lowest BCUT2D eigenvalue weighted by molar-refractivity contribution is -0.114. The van der Waals surface area contributed by atoms with Crippen molar-refractivity contribution in [2.24, 2.45) is 17.3 Å². The molecule has 54 valence electrons. The van der Waals surface area contributed by atoms with Crippen molar-refractivity contribution >= 4 is 5.91 Å². The van der Waals surface area contributed by atoms with Gasteiger partial charge in [-0.3, -0.25) is 4.79 Å². The third-order valence-electron chi connectivity index (χ3n) is 0.783. The van der Waals surface area contributed by atoms with E-state index in [0.29, 0.717) is 0 Å². The van der Waals surface area contributed by atoms with Gasteiger partial charge in [-0.2, -0.15) is 5.26 Å². The number of hydrogen-bond acceptors (Lipinski definition) is 5. The van der Waals surface area contributed by atoms with E-state index in [0.717, 1.165) is 0 Å². The largest absolute Gasteiger partial charge is 0.383 e. The van der Waals surface area contributed by atoms with Crippen molar-refractivity contribution < 1.29 is 4.79 Å². The molecule has 0 aliphatic heterocycles. The second-order valence-electron chi connectivity index (χ2n) is 1.41. The molecule has 0 aromatic rings. The van der Waals surface area contributed by atoms with Crippen LogP contribution in [0.3, 0.4) is 0 Å². The molecular weight excluding hydrogens is 134 g/mol. The topological polar surface area (TPSA) is 131 Å². The van der Waals surface area contributed by atoms with Crippen molar-refractivity contribution in [2.45, 2.75) is 0 Å². The molecule has 0 rings (SSSR count). The van der Waals surface area contributed by atoms with Crippen molar-refractivity contribution in [3.63, 3.8) is 0 Å². The SMILES string of the molecule is N#C/C(C(N)=O)=C(\N)NN. The minimum atomic E-state index is -0.905. The minimum Gasteiger partial charge on any atom is -0.383 e. The van der Waals surface area contributed by atoms with E-state index in [9.17, 15) is 4.79 Å². The third-order valence-corrected chi connectivity index (χ3v) is 0.783. The zero-order valence-corrected chi connectivity index (χ0v) is 5.09. The fraction of sp³-hybridized carbons (Fsp3) is 0. The summed E-state index contributed by atoms with van der Waals surface area (Å²) >= 11 is 0. The number of hydrogen-bond donors (Lipinski definition) is 4. The van der Waals surface area contributed by atoms with Crippen LogP contribution in [0.5, 0.6) is 0 Å². The molecule has 0 aliphatic carbocycles. The van der Waals surface area contributed by atoms with Gasteiger partial charge >= 0.3 is 0 Å². The van der Waals surface area contributed by atoms with Gasteiger partial charge in [0, 0.05) is 0 Å². The summed E-state index contributed by atoms with van der Waals surface area (Å²) in [6.07, 6.45) is 0. The lowest BCUT2D eigenvalue weighted by Crippen LogP contribution is -2.31. The van der Waals surface area contributed by atoms with Gasteiger partial charge in [0.05, 0.1) is 0 Å². The lowest BCUT2D eigenvalue weighted by Gasteiger charge is -1.98. The van der Waals surface area contributed by atoms with Crippen LogP contribution in [0, 0.1) is 11.3 Å². The van der Waals surface area contributed by atoms with E-state index >= 15 is 0 Å². The molecule has 6 nitrogen and oxygen atoms in total. The highest BCUT2D eigenvalue weighted by molar-refractivity contribution is 5.96. The van der Waals surface area contributed by atoms with Gasteiger partial charge in [-0.25, -0.2) is 5.84 Å². The molecule has 0 aliphatic rings. The molecule has 7 N–H and O–H groups in total. The van der Waals surface area contributed by atoms with Crippen LogP contribution in [0.4, 0.5) is 0 Å². The highest BCUT2D eigenvalue weighted by Crippen LogP contribution is 1.90. The van der Waals surface area contributed by atoms with Crippen molar-refractivity contribution in [1.29, 1.82) is 5.26 Å². The Kier molecular flexibility index (Phi) is 2.74. The summed E-state index contributed by atoms with van der Waals surface area (Å²) in [5.74, 6) is 3.66. The number of hydrazine groups is 1. The average Bonchev–Trinajstić information content (AvgIpc) is 1.88. The Labute approximate surface area is 57.2 Å². The number of carbonyl (C=O) groups is 1. The lowest BCUT2D eigenvalue weighted by atomic mass is 10.3. The summed E-state index contributed by atoms with van der Waals surface area (Å²) in [5.41, 5.74) is 11.3. The molecule has 0 bridgehead atoms. The first-order valence-corrected chi connectivity index (χ1v) is 2.29. The van der Waals surface area contributed by atoms with E-state index in [2.05, 4.69) is 0 Å². The van der Waals surface area contributed by atoms with Crippen LogP contribution in [-0.2, 0) is 4.79 Å². The Morgan fingerprint density at radius 1 is 1.50 bits per heavy atom. The quantitative estimate of drug-likeness (QED) is 0.148. The zero-order valence-electron chi connectivity index (χ0n) is 5.09. The van der Waals surface area contributed by atoms with Crippen molar-refractivity contribution in [3.8, 4) is 6.07 Å². The molecule has 0 unspecified atom stereocenters. The predicted octanol–water partition coefficient (Wildman–Crippen LogP) is -2.37. The second-order valence-corrected chi connectivity index (χ2v) is 1.41. The molecule has 10 heavy (non-hydrogen) atoms. The van der Waals surface area contributed by atoms with Gasteiger partial charge in [-0.1, -0.05) is 0 Å². The van der Waals surface area contributed by atoms with Crippen molar-refractivity contribution in [3.05, 3.63) is 11.4 Å². The first-order valence-electron chi connectivity index (χ1n) is 2.29. The first kappa shape index (κ1) is 8.26. The molecule has 0 heterocycles. The van der Waals surface area contributed by atoms with Crippen LogP contribution in [0.15, 0.2) is 11.4 Å². The number of nitrogens with one attached hydrogen (secondary N) is 1. The second kappa shape index (κ2) is 3.32. The van der Waals surface area contributed by atoms with Crippen LogP contribution in [-0.4, -0.2) is 5.91 Å². The summed E-state index contributed by atoms with van der Waals surface area (Å²) in [6, 6.07) is 1.49. The zero-order chi connectivity index (χ0) is 8.15. The molecular formula is C4H7N5O. The molecule has 1 amide bonds. The molecule has 0 radical (unpaired) electrons. The van der Waals surface area contributed by atoms with Crippen LogP contribution >= 0.6 is 0 Å². The maximum atomic E-state index is 10.3. The highest BCUT2D eigenvalue weighted by atomic mass is 16.1. The van der Waals surface area contributed by atoms with Gasteiger partial charge < -0.3 is 16.9 Å². The normalized spacial score (nSPS) is 11.2. The third kappa shape index (κ3) is 1.65. The Bertz CT molecular complexity index is 212. The Morgan fingerprint density at radius 2 is 2.00 bits per heavy atom. The van der Waals surface area contributed by atoms with Gasteiger partial charge in [0.25, 0.3) is 5.91 Å². The number of nitrogens with two attached hydrogens (primary N) is 3. The van der Waals surface area contributed by atoms with Gasteiger partial charge in [0.1, 0.15) is 11.9 Å². The molecule has 0 aromatic heterocycles. The smallest absolute Gasteiger partial charge is 0.263 e. The van der Waals surface area contributed by atoms with Crippen LogP contribution in [0.25, 0.3) is 0 Å². The minimum absolute atomic E-state index is 0.227. The number of primary amides is 1. The van der Waals surface area contributed by atoms with Gasteiger partial charge in [0.2, 0.25) is 0 Å². The predicted molar refractivity (Wildman–Crippen MR) is 33.3 cm³/mol. The molecule has 6 heteroatoms. The molecule has 0 aromatic carbocycles. The van der Waals surface area contributed by atoms with Crippen molar-refractivity contribution in [2.75, 3.05) is 0 Å². The summed E-state index contributed by atoms with van der Waals surface area (Å²) < 4.78 is 0. The number of nitrogens with zero attached hydrogens (tertiary/aromatic N) is 1. The van der Waals surface area contributed by atoms with Crippen LogP contribution in [0.2, 0.25) is 0 Å². The fourth-order valence-electron chi connectivity index (χ4n) is 0.320. The van der Waals surface area contributed by atoms with E-state index in [1.807, 2.05) is 5.43 Å². The van der Waals surface area contributed by atoms with E-state index in [4.69, 9.17) is 22.6 Å². The van der Waals surface area contributed by atoms with Crippen LogP contribution < -0.4 is 22.7 Å². The summed E-state index contributed by atoms with van der Waals surface area (Å²) in [6.45, 7) is 0. The number of amides is 1. The Morgan fingerprint density at radius 3 is 2.10 bits per heavy atom. The van der Waals surface area contributed by atoms with Gasteiger partial charge in [0.15, 0.2) is 5.57 Å². The fourth-order valence-corrected chi connectivity index (χ4v) is 0.320. The Balaban J connectivity index is 4.68. The van der Waals surface area contributed by atoms with Gasteiger partial charge in [-0.15, -0.1) is 0 Å². The molecule has 0 saturated carbocycles. The van der Waals surface area contributed by atoms with E-state index in [1.54, 1.807) is 0 Å². The maximum Gasteiger partial charge on any atom is 0.263 e. The summed E-state index contributed by atoms with van der Waals surface area (Å²) in [5, 5.41) is 8.21. The maximum absolute atomic E-state index is 10.3. The van der Waals surface area contributed by atoms with E-state index in [1.165, 1.54) is 6.07 Å². The van der Waals surface area contributed by atoms with Crippen molar-refractivity contribution in [1.82, 2.24) is 5.43 Å². The monoisotopic (exact) mass is 141 g/mol. The average molecular weight is 141 g/mol. The van der Waals surface area contributed by atoms with Gasteiger partial charge in [-0.05, 0) is 0 Å². The highest BCUT2D eigenvalue weighted by Gasteiger charge is 2.07. The van der Waals surface area contributed by atoms with E-state index < -0.39 is 5.91 Å². The number of nitriles is 1. The Hall–Kier alpha value is -1.74. The molecule has 0 fully saturated rings. The summed E-state index contributed by atoms with van der Waals surface area (Å²) in [7, 11) is 0. The standard InChI is InChI=1S/C4H7N5O/c5-1-2(4(7)10)3(6)9-8/h9H,6,8H2,(H2,7,10)/b3-2-. The summed E-state index contributed by atoms with van der Waals surface area (Å²) in [4.78, 5) is 10.3. The van der Waals surface area contributed by atoms with Crippen LogP contribution in [0.1, 0.15) is 0 Å². The van der Waals surface area contributed by atoms with E-state index in [-0.39, 0.29) is 11.4 Å².